The molecule has 0 aliphatic carbocycles. The summed E-state index contributed by atoms with van der Waals surface area (Å²) in [4.78, 5) is 0. The summed E-state index contributed by atoms with van der Waals surface area (Å²) in [5.74, 6) is 2.66. The highest BCUT2D eigenvalue weighted by Crippen LogP contribution is 2.30. The fourth-order valence-electron chi connectivity index (χ4n) is 2.47. The quantitative estimate of drug-likeness (QED) is 0.808. The third-order valence-electron chi connectivity index (χ3n) is 3.69. The van der Waals surface area contributed by atoms with E-state index in [-0.39, 0.29) is 0 Å². The zero-order chi connectivity index (χ0) is 15.2. The van der Waals surface area contributed by atoms with Crippen LogP contribution in [-0.4, -0.2) is 21.3 Å². The van der Waals surface area contributed by atoms with Crippen molar-refractivity contribution in [3.05, 3.63) is 53.1 Å². The molecule has 0 N–H and O–H groups in total. The molecule has 112 valence electrons. The number of aryl methyl sites for hydroxylation is 2. The standard InChI is InChI=1S/C18H22O3/c1-13-17(20-3)11-14(12-18(13)21-4)9-10-15-7-5-6-8-16(15)19-2/h5-8,11-12H,9-10H2,1-4H3. The molecule has 0 unspecified atom stereocenters. The van der Waals surface area contributed by atoms with Crippen LogP contribution in [0.3, 0.4) is 0 Å². The maximum atomic E-state index is 5.42. The van der Waals surface area contributed by atoms with E-state index in [0.29, 0.717) is 0 Å². The highest BCUT2D eigenvalue weighted by atomic mass is 16.5. The molecule has 0 spiro atoms. The van der Waals surface area contributed by atoms with Crippen LogP contribution in [0.5, 0.6) is 17.2 Å². The van der Waals surface area contributed by atoms with Gasteiger partial charge in [0.25, 0.3) is 0 Å². The number of benzene rings is 2. The Balaban J connectivity index is 2.20. The van der Waals surface area contributed by atoms with Crippen molar-refractivity contribution in [2.24, 2.45) is 0 Å². The third kappa shape index (κ3) is 3.48. The van der Waals surface area contributed by atoms with E-state index in [1.54, 1.807) is 21.3 Å². The Labute approximate surface area is 126 Å². The summed E-state index contributed by atoms with van der Waals surface area (Å²) in [6.07, 6.45) is 1.83. The molecule has 0 radical (unpaired) electrons. The van der Waals surface area contributed by atoms with Crippen molar-refractivity contribution in [3.63, 3.8) is 0 Å². The van der Waals surface area contributed by atoms with Gasteiger partial charge in [-0.15, -0.1) is 0 Å². The smallest absolute Gasteiger partial charge is 0.125 e. The fourth-order valence-corrected chi connectivity index (χ4v) is 2.47. The van der Waals surface area contributed by atoms with Gasteiger partial charge in [0.1, 0.15) is 17.2 Å². The average molecular weight is 286 g/mol. The second-order valence-corrected chi connectivity index (χ2v) is 4.94. The summed E-state index contributed by atoms with van der Waals surface area (Å²) in [7, 11) is 5.08. The lowest BCUT2D eigenvalue weighted by molar-refractivity contribution is 0.388. The summed E-state index contributed by atoms with van der Waals surface area (Å²) in [5.41, 5.74) is 3.43. The Bertz CT molecular complexity index is 580. The molecule has 0 fully saturated rings. The van der Waals surface area contributed by atoms with Gasteiger partial charge in [-0.3, -0.25) is 0 Å². The van der Waals surface area contributed by atoms with Crippen molar-refractivity contribution >= 4 is 0 Å². The Morgan fingerprint density at radius 2 is 1.33 bits per heavy atom. The van der Waals surface area contributed by atoms with Crippen molar-refractivity contribution < 1.29 is 14.2 Å². The number of hydrogen-bond acceptors (Lipinski definition) is 3. The molecule has 0 amide bonds. The predicted octanol–water partition coefficient (Wildman–Crippen LogP) is 3.81. The van der Waals surface area contributed by atoms with Crippen LogP contribution in [0.1, 0.15) is 16.7 Å². The summed E-state index contributed by atoms with van der Waals surface area (Å²) >= 11 is 0. The summed E-state index contributed by atoms with van der Waals surface area (Å²) in [6, 6.07) is 12.3. The first-order chi connectivity index (χ1) is 10.2. The SMILES string of the molecule is COc1ccccc1CCc1cc(OC)c(C)c(OC)c1. The molecule has 0 heterocycles. The normalized spacial score (nSPS) is 10.3. The van der Waals surface area contributed by atoms with Crippen molar-refractivity contribution in [3.8, 4) is 17.2 Å². The molecular weight excluding hydrogens is 264 g/mol. The van der Waals surface area contributed by atoms with Gasteiger partial charge in [0, 0.05) is 5.56 Å². The molecule has 2 rings (SSSR count). The highest BCUT2D eigenvalue weighted by molar-refractivity contribution is 5.47. The first-order valence-corrected chi connectivity index (χ1v) is 7.03. The molecule has 3 heteroatoms. The highest BCUT2D eigenvalue weighted by Gasteiger charge is 2.09. The number of methoxy groups -OCH3 is 3. The molecular formula is C18H22O3. The number of para-hydroxylation sites is 1. The third-order valence-corrected chi connectivity index (χ3v) is 3.69. The fraction of sp³-hybridized carbons (Fsp3) is 0.333. The van der Waals surface area contributed by atoms with Crippen molar-refractivity contribution in [1.29, 1.82) is 0 Å². The average Bonchev–Trinajstić information content (AvgIpc) is 2.54. The van der Waals surface area contributed by atoms with E-state index in [4.69, 9.17) is 14.2 Å². The van der Waals surface area contributed by atoms with Crippen molar-refractivity contribution in [2.75, 3.05) is 21.3 Å². The molecule has 3 nitrogen and oxygen atoms in total. The van der Waals surface area contributed by atoms with Crippen LogP contribution in [0.25, 0.3) is 0 Å². The zero-order valence-electron chi connectivity index (χ0n) is 13.1. The van der Waals surface area contributed by atoms with E-state index >= 15 is 0 Å². The van der Waals surface area contributed by atoms with E-state index in [1.165, 1.54) is 11.1 Å². The van der Waals surface area contributed by atoms with E-state index in [1.807, 2.05) is 25.1 Å². The van der Waals surface area contributed by atoms with Gasteiger partial charge in [-0.05, 0) is 49.1 Å². The molecule has 2 aromatic carbocycles. The van der Waals surface area contributed by atoms with Gasteiger partial charge in [-0.1, -0.05) is 18.2 Å². The molecule has 0 atom stereocenters. The largest absolute Gasteiger partial charge is 0.496 e. The van der Waals surface area contributed by atoms with E-state index in [2.05, 4.69) is 18.2 Å². The van der Waals surface area contributed by atoms with Crippen molar-refractivity contribution in [1.82, 2.24) is 0 Å². The van der Waals surface area contributed by atoms with Crippen LogP contribution < -0.4 is 14.2 Å². The predicted molar refractivity (Wildman–Crippen MR) is 84.7 cm³/mol. The maximum absolute atomic E-state index is 5.42. The summed E-state index contributed by atoms with van der Waals surface area (Å²) in [6.45, 7) is 2.00. The lowest BCUT2D eigenvalue weighted by Gasteiger charge is -2.13. The van der Waals surface area contributed by atoms with Gasteiger partial charge in [-0.25, -0.2) is 0 Å². The zero-order valence-corrected chi connectivity index (χ0v) is 13.1. The molecule has 0 aliphatic rings. The Hall–Kier alpha value is -2.16. The second kappa shape index (κ2) is 7.02. The number of hydrogen-bond donors (Lipinski definition) is 0. The molecule has 0 saturated carbocycles. The van der Waals surface area contributed by atoms with Crippen molar-refractivity contribution in [2.45, 2.75) is 19.8 Å². The van der Waals surface area contributed by atoms with E-state index < -0.39 is 0 Å². The Kier molecular flexibility index (Phi) is 5.09. The van der Waals surface area contributed by atoms with Crippen LogP contribution in [0.15, 0.2) is 36.4 Å². The van der Waals surface area contributed by atoms with E-state index in [9.17, 15) is 0 Å². The Morgan fingerprint density at radius 3 is 1.90 bits per heavy atom. The minimum absolute atomic E-state index is 0.865. The van der Waals surface area contributed by atoms with Crippen LogP contribution >= 0.6 is 0 Å². The number of ether oxygens (including phenoxy) is 3. The molecule has 2 aromatic rings. The molecule has 0 bridgehead atoms. The van der Waals surface area contributed by atoms with Crippen LogP contribution in [0.2, 0.25) is 0 Å². The summed E-state index contributed by atoms with van der Waals surface area (Å²) in [5, 5.41) is 0. The molecule has 0 aliphatic heterocycles. The molecule has 0 saturated heterocycles. The van der Waals surface area contributed by atoms with Gasteiger partial charge < -0.3 is 14.2 Å². The molecule has 0 aromatic heterocycles. The lowest BCUT2D eigenvalue weighted by Crippen LogP contribution is -1.98. The Morgan fingerprint density at radius 1 is 0.762 bits per heavy atom. The number of rotatable bonds is 6. The maximum Gasteiger partial charge on any atom is 0.125 e. The van der Waals surface area contributed by atoms with Crippen LogP contribution in [0, 0.1) is 6.92 Å². The van der Waals surface area contributed by atoms with E-state index in [0.717, 1.165) is 35.7 Å². The first-order valence-electron chi connectivity index (χ1n) is 7.03. The first kappa shape index (κ1) is 15.2. The topological polar surface area (TPSA) is 27.7 Å². The van der Waals surface area contributed by atoms with Gasteiger partial charge in [0.05, 0.1) is 21.3 Å². The van der Waals surface area contributed by atoms with Gasteiger partial charge in [0.2, 0.25) is 0 Å². The molecule has 21 heavy (non-hydrogen) atoms. The van der Waals surface area contributed by atoms with Crippen LogP contribution in [0.4, 0.5) is 0 Å². The van der Waals surface area contributed by atoms with Gasteiger partial charge in [0.15, 0.2) is 0 Å². The monoisotopic (exact) mass is 286 g/mol. The second-order valence-electron chi connectivity index (χ2n) is 4.94. The minimum Gasteiger partial charge on any atom is -0.496 e. The lowest BCUT2D eigenvalue weighted by atomic mass is 10.0. The van der Waals surface area contributed by atoms with Crippen LogP contribution in [-0.2, 0) is 12.8 Å². The summed E-state index contributed by atoms with van der Waals surface area (Å²) < 4.78 is 16.2. The van der Waals surface area contributed by atoms with Gasteiger partial charge >= 0.3 is 0 Å². The van der Waals surface area contributed by atoms with Gasteiger partial charge in [-0.2, -0.15) is 0 Å². The minimum atomic E-state index is 0.865.